The van der Waals surface area contributed by atoms with Crippen LogP contribution in [-0.4, -0.2) is 10.6 Å². The van der Waals surface area contributed by atoms with E-state index in [-0.39, 0.29) is 0 Å². The van der Waals surface area contributed by atoms with Gasteiger partial charge in [0.05, 0.1) is 6.61 Å². The van der Waals surface area contributed by atoms with E-state index in [0.717, 1.165) is 5.56 Å². The topological polar surface area (TPSA) is 35.3 Å². The zero-order chi connectivity index (χ0) is 9.68. The predicted octanol–water partition coefficient (Wildman–Crippen LogP) is 2.11. The molecule has 70 valence electrons. The minimum absolute atomic E-state index is 0.315. The summed E-state index contributed by atoms with van der Waals surface area (Å²) in [4.78, 5) is 5.46. The van der Waals surface area contributed by atoms with Crippen molar-refractivity contribution >= 4 is 5.71 Å². The van der Waals surface area contributed by atoms with Crippen molar-refractivity contribution in [3.8, 4) is 0 Å². The molecule has 0 saturated carbocycles. The SMILES string of the molecule is CC(C)=[N+]([O-])OCc1ccccc1. The maximum Gasteiger partial charge on any atom is 0.215 e. The highest BCUT2D eigenvalue weighted by Crippen LogP contribution is 2.00. The molecule has 13 heavy (non-hydrogen) atoms. The smallest absolute Gasteiger partial charge is 0.215 e. The molecule has 0 amide bonds. The third kappa shape index (κ3) is 3.15. The fraction of sp³-hybridized carbons (Fsp3) is 0.300. The van der Waals surface area contributed by atoms with Crippen molar-refractivity contribution in [3.63, 3.8) is 0 Å². The third-order valence-electron chi connectivity index (χ3n) is 1.56. The number of hydrogen-bond acceptors (Lipinski definition) is 2. The van der Waals surface area contributed by atoms with Gasteiger partial charge in [-0.25, -0.2) is 0 Å². The molecule has 0 heterocycles. The zero-order valence-corrected chi connectivity index (χ0v) is 7.86. The summed E-state index contributed by atoms with van der Waals surface area (Å²) in [6.07, 6.45) is 0. The lowest BCUT2D eigenvalue weighted by molar-refractivity contribution is -0.747. The summed E-state index contributed by atoms with van der Waals surface area (Å²) < 4.78 is 0. The second kappa shape index (κ2) is 4.50. The highest BCUT2D eigenvalue weighted by molar-refractivity contribution is 5.73. The van der Waals surface area contributed by atoms with Gasteiger partial charge >= 0.3 is 0 Å². The molecule has 0 fully saturated rings. The Bertz CT molecular complexity index is 289. The van der Waals surface area contributed by atoms with Crippen LogP contribution in [0.1, 0.15) is 19.4 Å². The van der Waals surface area contributed by atoms with Crippen LogP contribution in [0, 0.1) is 5.21 Å². The lowest BCUT2D eigenvalue weighted by Gasteiger charge is -2.06. The van der Waals surface area contributed by atoms with Gasteiger partial charge in [-0.15, -0.1) is 0 Å². The second-order valence-corrected chi connectivity index (χ2v) is 2.96. The van der Waals surface area contributed by atoms with Crippen LogP contribution in [0.25, 0.3) is 0 Å². The molecular weight excluding hydrogens is 166 g/mol. The summed E-state index contributed by atoms with van der Waals surface area (Å²) in [6.45, 7) is 3.73. The molecule has 0 bridgehead atoms. The van der Waals surface area contributed by atoms with Crippen molar-refractivity contribution in [1.29, 1.82) is 0 Å². The van der Waals surface area contributed by atoms with Crippen molar-refractivity contribution in [2.45, 2.75) is 20.5 Å². The molecule has 1 aromatic rings. The first-order valence-corrected chi connectivity index (χ1v) is 4.14. The molecule has 0 unspecified atom stereocenters. The van der Waals surface area contributed by atoms with Gasteiger partial charge in [-0.1, -0.05) is 30.3 Å². The van der Waals surface area contributed by atoms with Crippen molar-refractivity contribution < 1.29 is 9.74 Å². The minimum Gasteiger partial charge on any atom is -0.399 e. The van der Waals surface area contributed by atoms with Crippen molar-refractivity contribution in [2.75, 3.05) is 0 Å². The highest BCUT2D eigenvalue weighted by atomic mass is 16.9. The Morgan fingerprint density at radius 1 is 1.31 bits per heavy atom. The van der Waals surface area contributed by atoms with Crippen LogP contribution >= 0.6 is 0 Å². The van der Waals surface area contributed by atoms with E-state index in [4.69, 9.17) is 4.84 Å². The summed E-state index contributed by atoms with van der Waals surface area (Å²) in [6, 6.07) is 9.58. The van der Waals surface area contributed by atoms with Crippen LogP contribution in [0.2, 0.25) is 0 Å². The second-order valence-electron chi connectivity index (χ2n) is 2.96. The average molecular weight is 179 g/mol. The monoisotopic (exact) mass is 179 g/mol. The van der Waals surface area contributed by atoms with E-state index in [1.807, 2.05) is 30.3 Å². The predicted molar refractivity (Wildman–Crippen MR) is 51.2 cm³/mol. The van der Waals surface area contributed by atoms with E-state index >= 15 is 0 Å². The summed E-state index contributed by atoms with van der Waals surface area (Å²) in [5, 5.41) is 11.0. The molecule has 0 aliphatic heterocycles. The van der Waals surface area contributed by atoms with Gasteiger partial charge < -0.3 is 4.84 Å². The quantitative estimate of drug-likeness (QED) is 0.404. The molecule has 0 aliphatic carbocycles. The van der Waals surface area contributed by atoms with Crippen molar-refractivity contribution in [1.82, 2.24) is 0 Å². The number of rotatable bonds is 3. The maximum absolute atomic E-state index is 11.0. The summed E-state index contributed by atoms with van der Waals surface area (Å²) >= 11 is 0. The Kier molecular flexibility index (Phi) is 3.31. The van der Waals surface area contributed by atoms with E-state index in [1.54, 1.807) is 13.8 Å². The van der Waals surface area contributed by atoms with Gasteiger partial charge in [0, 0.05) is 18.7 Å². The average Bonchev–Trinajstić information content (AvgIpc) is 2.15. The fourth-order valence-electron chi connectivity index (χ4n) is 0.836. The van der Waals surface area contributed by atoms with Crippen LogP contribution < -0.4 is 0 Å². The third-order valence-corrected chi connectivity index (χ3v) is 1.56. The number of nitrogens with zero attached hydrogens (tertiary/aromatic N) is 1. The first kappa shape index (κ1) is 9.58. The summed E-state index contributed by atoms with van der Waals surface area (Å²) in [7, 11) is 0. The molecule has 1 aromatic carbocycles. The number of benzene rings is 1. The Balaban J connectivity index is 2.49. The molecule has 0 spiro atoms. The summed E-state index contributed by atoms with van der Waals surface area (Å²) in [5.74, 6) is 0. The van der Waals surface area contributed by atoms with Crippen molar-refractivity contribution in [2.24, 2.45) is 0 Å². The zero-order valence-electron chi connectivity index (χ0n) is 7.86. The van der Waals surface area contributed by atoms with Crippen molar-refractivity contribution in [3.05, 3.63) is 41.1 Å². The van der Waals surface area contributed by atoms with E-state index < -0.39 is 0 Å². The van der Waals surface area contributed by atoms with Crippen LogP contribution in [0.15, 0.2) is 30.3 Å². The Hall–Kier alpha value is -1.51. The van der Waals surface area contributed by atoms with E-state index in [2.05, 4.69) is 0 Å². The van der Waals surface area contributed by atoms with Gasteiger partial charge in [0.25, 0.3) is 0 Å². The van der Waals surface area contributed by atoms with Gasteiger partial charge in [0.1, 0.15) is 0 Å². The molecule has 0 N–H and O–H groups in total. The largest absolute Gasteiger partial charge is 0.399 e. The Morgan fingerprint density at radius 2 is 1.92 bits per heavy atom. The Labute approximate surface area is 77.8 Å². The Morgan fingerprint density at radius 3 is 2.46 bits per heavy atom. The maximum atomic E-state index is 11.0. The summed E-state index contributed by atoms with van der Waals surface area (Å²) in [5.41, 5.74) is 1.58. The van der Waals surface area contributed by atoms with Gasteiger partial charge in [0.2, 0.25) is 5.71 Å². The van der Waals surface area contributed by atoms with Gasteiger partial charge in [-0.2, -0.15) is 0 Å². The van der Waals surface area contributed by atoms with E-state index in [9.17, 15) is 5.21 Å². The lowest BCUT2D eigenvalue weighted by atomic mass is 10.2. The molecule has 3 heteroatoms. The molecule has 0 atom stereocenters. The molecule has 1 rings (SSSR count). The molecule has 0 saturated heterocycles. The minimum atomic E-state index is 0.315. The molecule has 3 nitrogen and oxygen atoms in total. The molecule has 0 radical (unpaired) electrons. The molecular formula is C10H13NO2. The lowest BCUT2D eigenvalue weighted by Crippen LogP contribution is -2.10. The van der Waals surface area contributed by atoms with Crippen LogP contribution in [-0.2, 0) is 11.4 Å². The first-order chi connectivity index (χ1) is 6.20. The first-order valence-electron chi connectivity index (χ1n) is 4.14. The van der Waals surface area contributed by atoms with Crippen LogP contribution in [0.3, 0.4) is 0 Å². The van der Waals surface area contributed by atoms with Gasteiger partial charge in [-0.3, -0.25) is 5.21 Å². The van der Waals surface area contributed by atoms with E-state index in [0.29, 0.717) is 17.2 Å². The normalized spacial score (nSPS) is 9.38. The van der Waals surface area contributed by atoms with E-state index in [1.165, 1.54) is 0 Å². The highest BCUT2D eigenvalue weighted by Gasteiger charge is 1.96. The van der Waals surface area contributed by atoms with Crippen LogP contribution in [0.5, 0.6) is 0 Å². The fourth-order valence-corrected chi connectivity index (χ4v) is 0.836. The van der Waals surface area contributed by atoms with Gasteiger partial charge in [-0.05, 0) is 5.56 Å². The van der Waals surface area contributed by atoms with Crippen LogP contribution in [0.4, 0.5) is 0 Å². The standard InChI is InChI=1S/C10H13NO2/c1-9(2)11(12)13-8-10-6-4-3-5-7-10/h3-7H,8H2,1-2H3. The molecule has 0 aliphatic rings. The number of hydrogen-bond donors (Lipinski definition) is 0. The van der Waals surface area contributed by atoms with Gasteiger partial charge in [0.15, 0.2) is 0 Å². The molecule has 0 aromatic heterocycles.